The predicted octanol–water partition coefficient (Wildman–Crippen LogP) is 6.91. The maximum Gasteiger partial charge on any atom is 0.291 e. The molecule has 2 amide bonds. The van der Waals surface area contributed by atoms with Gasteiger partial charge in [-0.1, -0.05) is 48.5 Å². The first kappa shape index (κ1) is 22.0. The van der Waals surface area contributed by atoms with E-state index in [4.69, 9.17) is 8.83 Å². The number of benzene rings is 3. The van der Waals surface area contributed by atoms with Gasteiger partial charge in [0.15, 0.2) is 5.76 Å². The molecule has 35 heavy (non-hydrogen) atoms. The number of aryl methyl sites for hydroxylation is 1. The highest BCUT2D eigenvalue weighted by atomic mass is 16.3. The van der Waals surface area contributed by atoms with Crippen LogP contribution >= 0.6 is 0 Å². The lowest BCUT2D eigenvalue weighted by Crippen LogP contribution is -2.12. The second-order valence-electron chi connectivity index (χ2n) is 8.02. The van der Waals surface area contributed by atoms with E-state index in [0.717, 1.165) is 22.3 Å². The number of amides is 2. The Morgan fingerprint density at radius 2 is 1.60 bits per heavy atom. The first-order valence-electron chi connectivity index (χ1n) is 11.1. The van der Waals surface area contributed by atoms with E-state index in [-0.39, 0.29) is 17.6 Å². The summed E-state index contributed by atoms with van der Waals surface area (Å²) in [5.74, 6) is 0.931. The number of nitrogens with one attached hydrogen (secondary N) is 2. The Kier molecular flexibility index (Phi) is 6.01. The highest BCUT2D eigenvalue weighted by molar-refractivity contribution is 6.05. The van der Waals surface area contributed by atoms with Crippen molar-refractivity contribution in [2.75, 3.05) is 10.6 Å². The lowest BCUT2D eigenvalue weighted by Gasteiger charge is -2.09. The van der Waals surface area contributed by atoms with Crippen molar-refractivity contribution >= 4 is 40.2 Å². The van der Waals surface area contributed by atoms with Crippen molar-refractivity contribution in [1.29, 1.82) is 0 Å². The summed E-state index contributed by atoms with van der Waals surface area (Å²) in [6, 6.07) is 27.9. The van der Waals surface area contributed by atoms with Crippen LogP contribution in [0, 0.1) is 6.92 Å². The van der Waals surface area contributed by atoms with Gasteiger partial charge < -0.3 is 19.5 Å². The summed E-state index contributed by atoms with van der Waals surface area (Å²) in [5, 5.41) is 6.55. The van der Waals surface area contributed by atoms with E-state index in [1.807, 2.05) is 73.7 Å². The Balaban J connectivity index is 1.21. The Hall–Kier alpha value is -4.84. The molecule has 0 bridgehead atoms. The molecule has 172 valence electrons. The standard InChI is InChI=1S/C29H22N2O4/c1-19-17-22(11-14-24(19)31-29(33)27-18-21-9-5-6-10-25(21)35-27)30-28(32)16-13-23-12-15-26(34-23)20-7-3-2-4-8-20/h2-18H,1H3,(H,30,32)(H,31,33)/b16-13+. The lowest BCUT2D eigenvalue weighted by molar-refractivity contribution is -0.111. The average molecular weight is 463 g/mol. The molecular formula is C29H22N2O4. The van der Waals surface area contributed by atoms with Crippen LogP contribution in [0.1, 0.15) is 21.9 Å². The molecule has 0 aliphatic rings. The van der Waals surface area contributed by atoms with Gasteiger partial charge in [-0.15, -0.1) is 0 Å². The zero-order valence-corrected chi connectivity index (χ0v) is 18.9. The van der Waals surface area contributed by atoms with E-state index in [1.54, 1.807) is 30.3 Å². The van der Waals surface area contributed by atoms with Gasteiger partial charge in [0.05, 0.1) is 0 Å². The van der Waals surface area contributed by atoms with E-state index in [0.29, 0.717) is 22.7 Å². The van der Waals surface area contributed by atoms with Crippen LogP contribution in [-0.2, 0) is 4.79 Å². The Labute approximate surface area is 201 Å². The van der Waals surface area contributed by atoms with Gasteiger partial charge in [0.1, 0.15) is 17.1 Å². The zero-order valence-electron chi connectivity index (χ0n) is 18.9. The number of anilines is 2. The molecule has 5 aromatic rings. The number of hydrogen-bond donors (Lipinski definition) is 2. The third-order valence-electron chi connectivity index (χ3n) is 5.48. The van der Waals surface area contributed by atoms with Crippen molar-refractivity contribution in [3.8, 4) is 11.3 Å². The fourth-order valence-corrected chi connectivity index (χ4v) is 3.70. The normalized spacial score (nSPS) is 11.1. The molecule has 2 aromatic heterocycles. The highest BCUT2D eigenvalue weighted by Crippen LogP contribution is 2.24. The third-order valence-corrected chi connectivity index (χ3v) is 5.48. The maximum absolute atomic E-state index is 12.6. The summed E-state index contributed by atoms with van der Waals surface area (Å²) in [7, 11) is 0. The van der Waals surface area contributed by atoms with Crippen molar-refractivity contribution in [1.82, 2.24) is 0 Å². The van der Waals surface area contributed by atoms with Crippen LogP contribution in [0.25, 0.3) is 28.4 Å². The van der Waals surface area contributed by atoms with E-state index >= 15 is 0 Å². The molecule has 2 heterocycles. The number of hydrogen-bond acceptors (Lipinski definition) is 4. The van der Waals surface area contributed by atoms with Crippen molar-refractivity contribution in [3.05, 3.63) is 114 Å². The van der Waals surface area contributed by atoms with Gasteiger partial charge in [0, 0.05) is 28.4 Å². The molecule has 5 rings (SSSR count). The number of furan rings is 2. The summed E-state index contributed by atoms with van der Waals surface area (Å²) in [6.07, 6.45) is 3.04. The van der Waals surface area contributed by atoms with Gasteiger partial charge >= 0.3 is 0 Å². The van der Waals surface area contributed by atoms with Gasteiger partial charge in [-0.25, -0.2) is 0 Å². The SMILES string of the molecule is Cc1cc(NC(=O)/C=C/c2ccc(-c3ccccc3)o2)ccc1NC(=O)c1cc2ccccc2o1. The monoisotopic (exact) mass is 462 g/mol. The molecule has 2 N–H and O–H groups in total. The summed E-state index contributed by atoms with van der Waals surface area (Å²) < 4.78 is 11.4. The van der Waals surface area contributed by atoms with Gasteiger partial charge in [0.25, 0.3) is 5.91 Å². The zero-order chi connectivity index (χ0) is 24.2. The second kappa shape index (κ2) is 9.57. The summed E-state index contributed by atoms with van der Waals surface area (Å²) in [5.41, 5.74) is 3.68. The van der Waals surface area contributed by atoms with E-state index < -0.39 is 0 Å². The second-order valence-corrected chi connectivity index (χ2v) is 8.02. The minimum Gasteiger partial charge on any atom is -0.457 e. The first-order valence-corrected chi connectivity index (χ1v) is 11.1. The number of carbonyl (C=O) groups excluding carboxylic acids is 2. The van der Waals surface area contributed by atoms with Crippen molar-refractivity contribution in [2.45, 2.75) is 6.92 Å². The molecule has 0 spiro atoms. The Bertz CT molecular complexity index is 1510. The Morgan fingerprint density at radius 1 is 0.800 bits per heavy atom. The van der Waals surface area contributed by atoms with Gasteiger partial charge in [-0.05, 0) is 61.0 Å². The van der Waals surface area contributed by atoms with E-state index in [9.17, 15) is 9.59 Å². The molecule has 0 aliphatic carbocycles. The molecule has 0 aliphatic heterocycles. The first-order chi connectivity index (χ1) is 17.0. The van der Waals surface area contributed by atoms with Crippen LogP contribution in [0.15, 0.2) is 106 Å². The fourth-order valence-electron chi connectivity index (χ4n) is 3.70. The van der Waals surface area contributed by atoms with E-state index in [1.165, 1.54) is 6.08 Å². The predicted molar refractivity (Wildman–Crippen MR) is 137 cm³/mol. The molecular weight excluding hydrogens is 440 g/mol. The van der Waals surface area contributed by atoms with Crippen LogP contribution in [0.3, 0.4) is 0 Å². The van der Waals surface area contributed by atoms with Crippen LogP contribution in [0.4, 0.5) is 11.4 Å². The number of para-hydroxylation sites is 1. The van der Waals surface area contributed by atoms with Gasteiger partial charge in [-0.3, -0.25) is 9.59 Å². The minimum absolute atomic E-state index is 0.237. The lowest BCUT2D eigenvalue weighted by atomic mass is 10.1. The summed E-state index contributed by atoms with van der Waals surface area (Å²) in [6.45, 7) is 1.85. The van der Waals surface area contributed by atoms with Gasteiger partial charge in [0.2, 0.25) is 5.91 Å². The Morgan fingerprint density at radius 3 is 2.40 bits per heavy atom. The summed E-state index contributed by atoms with van der Waals surface area (Å²) in [4.78, 5) is 25.0. The van der Waals surface area contributed by atoms with E-state index in [2.05, 4.69) is 10.6 Å². The smallest absolute Gasteiger partial charge is 0.291 e. The fraction of sp³-hybridized carbons (Fsp3) is 0.0345. The molecule has 0 saturated heterocycles. The van der Waals surface area contributed by atoms with Gasteiger partial charge in [-0.2, -0.15) is 0 Å². The molecule has 0 saturated carbocycles. The van der Waals surface area contributed by atoms with Crippen LogP contribution in [-0.4, -0.2) is 11.8 Å². The minimum atomic E-state index is -0.336. The molecule has 6 heteroatoms. The number of rotatable bonds is 6. The van der Waals surface area contributed by atoms with Crippen molar-refractivity contribution in [2.24, 2.45) is 0 Å². The van der Waals surface area contributed by atoms with Crippen LogP contribution in [0.5, 0.6) is 0 Å². The molecule has 0 radical (unpaired) electrons. The number of fused-ring (bicyclic) bond motifs is 1. The maximum atomic E-state index is 12.6. The highest BCUT2D eigenvalue weighted by Gasteiger charge is 2.13. The topological polar surface area (TPSA) is 84.5 Å². The summed E-state index contributed by atoms with van der Waals surface area (Å²) >= 11 is 0. The number of carbonyl (C=O) groups is 2. The largest absolute Gasteiger partial charge is 0.457 e. The van der Waals surface area contributed by atoms with Crippen LogP contribution < -0.4 is 10.6 Å². The van der Waals surface area contributed by atoms with Crippen LogP contribution in [0.2, 0.25) is 0 Å². The quantitative estimate of drug-likeness (QED) is 0.269. The third kappa shape index (κ3) is 5.07. The average Bonchev–Trinajstić information content (AvgIpc) is 3.52. The molecule has 0 unspecified atom stereocenters. The molecule has 3 aromatic carbocycles. The van der Waals surface area contributed by atoms with Crippen molar-refractivity contribution in [3.63, 3.8) is 0 Å². The molecule has 0 atom stereocenters. The van der Waals surface area contributed by atoms with Crippen molar-refractivity contribution < 1.29 is 18.4 Å². The molecule has 0 fully saturated rings. The molecule has 6 nitrogen and oxygen atoms in total.